The highest BCUT2D eigenvalue weighted by Gasteiger charge is 2.29. The SMILES string of the molecule is O=C(C1CCN(Cc2ccc3ccccc3c2)CC1)N1CCOCC1. The van der Waals surface area contributed by atoms with Gasteiger partial charge in [0.15, 0.2) is 0 Å². The first-order valence-electron chi connectivity index (χ1n) is 9.36. The summed E-state index contributed by atoms with van der Waals surface area (Å²) in [6, 6.07) is 15.2. The van der Waals surface area contributed by atoms with Gasteiger partial charge in [0.05, 0.1) is 13.2 Å². The molecule has 4 rings (SSSR count). The Morgan fingerprint density at radius 3 is 2.44 bits per heavy atom. The van der Waals surface area contributed by atoms with Crippen LogP contribution in [0.3, 0.4) is 0 Å². The first-order valence-corrected chi connectivity index (χ1v) is 9.36. The number of piperidine rings is 1. The number of hydrogen-bond acceptors (Lipinski definition) is 3. The van der Waals surface area contributed by atoms with Gasteiger partial charge in [-0.3, -0.25) is 9.69 Å². The summed E-state index contributed by atoms with van der Waals surface area (Å²) >= 11 is 0. The van der Waals surface area contributed by atoms with Gasteiger partial charge < -0.3 is 9.64 Å². The third-order valence-corrected chi connectivity index (χ3v) is 5.48. The Labute approximate surface area is 149 Å². The molecular weight excluding hydrogens is 312 g/mol. The first kappa shape index (κ1) is 16.6. The molecule has 4 nitrogen and oxygen atoms in total. The van der Waals surface area contributed by atoms with E-state index < -0.39 is 0 Å². The van der Waals surface area contributed by atoms with E-state index in [9.17, 15) is 4.79 Å². The monoisotopic (exact) mass is 338 g/mol. The second-order valence-corrected chi connectivity index (χ2v) is 7.17. The van der Waals surface area contributed by atoms with Crippen LogP contribution in [0.4, 0.5) is 0 Å². The van der Waals surface area contributed by atoms with Gasteiger partial charge in [0.25, 0.3) is 0 Å². The molecule has 0 bridgehead atoms. The molecule has 25 heavy (non-hydrogen) atoms. The average Bonchev–Trinajstić information content (AvgIpc) is 2.69. The van der Waals surface area contributed by atoms with E-state index in [1.807, 2.05) is 4.90 Å². The van der Waals surface area contributed by atoms with Crippen molar-refractivity contribution < 1.29 is 9.53 Å². The molecule has 0 aliphatic carbocycles. The zero-order valence-electron chi connectivity index (χ0n) is 14.7. The van der Waals surface area contributed by atoms with Crippen LogP contribution in [0.1, 0.15) is 18.4 Å². The molecule has 1 amide bonds. The lowest BCUT2D eigenvalue weighted by Crippen LogP contribution is -2.46. The molecule has 0 aromatic heterocycles. The number of amides is 1. The Bertz CT molecular complexity index is 732. The van der Waals surface area contributed by atoms with E-state index in [1.165, 1.54) is 16.3 Å². The summed E-state index contributed by atoms with van der Waals surface area (Å²) in [5, 5.41) is 2.60. The lowest BCUT2D eigenvalue weighted by molar-refractivity contribution is -0.141. The summed E-state index contributed by atoms with van der Waals surface area (Å²) in [6.45, 7) is 5.88. The van der Waals surface area contributed by atoms with Gasteiger partial charge in [0, 0.05) is 25.6 Å². The highest BCUT2D eigenvalue weighted by Crippen LogP contribution is 2.23. The second-order valence-electron chi connectivity index (χ2n) is 7.17. The molecule has 0 radical (unpaired) electrons. The molecule has 2 aliphatic rings. The Kier molecular flexibility index (Phi) is 4.99. The molecule has 2 saturated heterocycles. The van der Waals surface area contributed by atoms with Crippen LogP contribution in [0.5, 0.6) is 0 Å². The van der Waals surface area contributed by atoms with E-state index in [0.717, 1.165) is 45.6 Å². The van der Waals surface area contributed by atoms with E-state index in [4.69, 9.17) is 4.74 Å². The predicted octanol–water partition coefficient (Wildman–Crippen LogP) is 2.91. The molecule has 0 N–H and O–H groups in total. The molecule has 0 atom stereocenters. The topological polar surface area (TPSA) is 32.8 Å². The Hall–Kier alpha value is -1.91. The Morgan fingerprint density at radius 2 is 1.68 bits per heavy atom. The molecule has 2 aromatic carbocycles. The van der Waals surface area contributed by atoms with Gasteiger partial charge in [-0.1, -0.05) is 36.4 Å². The van der Waals surface area contributed by atoms with Crippen molar-refractivity contribution in [2.24, 2.45) is 5.92 Å². The Balaban J connectivity index is 1.32. The van der Waals surface area contributed by atoms with Gasteiger partial charge in [0.2, 0.25) is 5.91 Å². The molecule has 2 aliphatic heterocycles. The lowest BCUT2D eigenvalue weighted by atomic mass is 9.94. The van der Waals surface area contributed by atoms with Crippen LogP contribution < -0.4 is 0 Å². The highest BCUT2D eigenvalue weighted by atomic mass is 16.5. The number of fused-ring (bicyclic) bond motifs is 1. The number of rotatable bonds is 3. The zero-order valence-corrected chi connectivity index (χ0v) is 14.7. The third kappa shape index (κ3) is 3.86. The standard InChI is InChI=1S/C21H26N2O2/c24-21(23-11-13-25-14-12-23)19-7-9-22(10-8-19)16-17-5-6-18-3-1-2-4-20(18)15-17/h1-6,15,19H,7-14,16H2. The molecule has 0 saturated carbocycles. The largest absolute Gasteiger partial charge is 0.378 e. The molecule has 4 heteroatoms. The fourth-order valence-corrected chi connectivity index (χ4v) is 3.98. The molecule has 2 aromatic rings. The number of carbonyl (C=O) groups excluding carboxylic acids is 1. The first-order chi connectivity index (χ1) is 12.3. The van der Waals surface area contributed by atoms with Crippen molar-refractivity contribution in [3.05, 3.63) is 48.0 Å². The van der Waals surface area contributed by atoms with Crippen molar-refractivity contribution in [1.82, 2.24) is 9.80 Å². The third-order valence-electron chi connectivity index (χ3n) is 5.48. The normalized spacial score (nSPS) is 20.1. The van der Waals surface area contributed by atoms with E-state index in [-0.39, 0.29) is 5.92 Å². The lowest BCUT2D eigenvalue weighted by Gasteiger charge is -2.35. The predicted molar refractivity (Wildman–Crippen MR) is 99.3 cm³/mol. The van der Waals surface area contributed by atoms with E-state index in [2.05, 4.69) is 47.4 Å². The van der Waals surface area contributed by atoms with Crippen LogP contribution in [-0.4, -0.2) is 55.1 Å². The van der Waals surface area contributed by atoms with Crippen LogP contribution in [0.2, 0.25) is 0 Å². The maximum absolute atomic E-state index is 12.6. The van der Waals surface area contributed by atoms with Crippen molar-refractivity contribution in [3.63, 3.8) is 0 Å². The van der Waals surface area contributed by atoms with Crippen LogP contribution in [-0.2, 0) is 16.1 Å². The van der Waals surface area contributed by atoms with Crippen LogP contribution in [0.25, 0.3) is 10.8 Å². The quantitative estimate of drug-likeness (QED) is 0.863. The fraction of sp³-hybridized carbons (Fsp3) is 0.476. The molecule has 0 spiro atoms. The minimum atomic E-state index is 0.200. The summed E-state index contributed by atoms with van der Waals surface area (Å²) in [5.41, 5.74) is 1.36. The number of likely N-dealkylation sites (tertiary alicyclic amines) is 1. The van der Waals surface area contributed by atoms with Gasteiger partial charge in [-0.05, 0) is 48.3 Å². The fourth-order valence-electron chi connectivity index (χ4n) is 3.98. The number of morpholine rings is 1. The maximum Gasteiger partial charge on any atom is 0.225 e. The summed E-state index contributed by atoms with van der Waals surface area (Å²) in [5.74, 6) is 0.541. The van der Waals surface area contributed by atoms with Gasteiger partial charge in [-0.2, -0.15) is 0 Å². The van der Waals surface area contributed by atoms with Crippen LogP contribution in [0, 0.1) is 5.92 Å². The van der Waals surface area contributed by atoms with Gasteiger partial charge in [-0.25, -0.2) is 0 Å². The molecule has 2 heterocycles. The van der Waals surface area contributed by atoms with Crippen molar-refractivity contribution in [2.45, 2.75) is 19.4 Å². The summed E-state index contributed by atoms with van der Waals surface area (Å²) in [7, 11) is 0. The van der Waals surface area contributed by atoms with Gasteiger partial charge in [0.1, 0.15) is 0 Å². The zero-order chi connectivity index (χ0) is 17.1. The number of nitrogens with zero attached hydrogens (tertiary/aromatic N) is 2. The maximum atomic E-state index is 12.6. The number of carbonyl (C=O) groups is 1. The van der Waals surface area contributed by atoms with Gasteiger partial charge >= 0.3 is 0 Å². The number of ether oxygens (including phenoxy) is 1. The molecular formula is C21H26N2O2. The van der Waals surface area contributed by atoms with E-state index >= 15 is 0 Å². The molecule has 132 valence electrons. The van der Waals surface area contributed by atoms with Gasteiger partial charge in [-0.15, -0.1) is 0 Å². The van der Waals surface area contributed by atoms with E-state index in [1.54, 1.807) is 0 Å². The number of benzene rings is 2. The summed E-state index contributed by atoms with van der Waals surface area (Å²) in [6.07, 6.45) is 1.95. The van der Waals surface area contributed by atoms with Crippen molar-refractivity contribution in [3.8, 4) is 0 Å². The molecule has 0 unspecified atom stereocenters. The summed E-state index contributed by atoms with van der Waals surface area (Å²) in [4.78, 5) is 17.1. The van der Waals surface area contributed by atoms with E-state index in [0.29, 0.717) is 19.1 Å². The average molecular weight is 338 g/mol. The van der Waals surface area contributed by atoms with Crippen LogP contribution >= 0.6 is 0 Å². The van der Waals surface area contributed by atoms with Crippen molar-refractivity contribution in [2.75, 3.05) is 39.4 Å². The van der Waals surface area contributed by atoms with Crippen molar-refractivity contribution in [1.29, 1.82) is 0 Å². The second kappa shape index (κ2) is 7.54. The van der Waals surface area contributed by atoms with Crippen molar-refractivity contribution >= 4 is 16.7 Å². The summed E-state index contributed by atoms with van der Waals surface area (Å²) < 4.78 is 5.35. The molecule has 2 fully saturated rings. The highest BCUT2D eigenvalue weighted by molar-refractivity contribution is 5.83. The minimum Gasteiger partial charge on any atom is -0.378 e. The number of hydrogen-bond donors (Lipinski definition) is 0. The van der Waals surface area contributed by atoms with Crippen LogP contribution in [0.15, 0.2) is 42.5 Å². The Morgan fingerprint density at radius 1 is 0.960 bits per heavy atom. The minimum absolute atomic E-state index is 0.200. The smallest absolute Gasteiger partial charge is 0.225 e.